The Morgan fingerprint density at radius 3 is 2.35 bits per heavy atom. The van der Waals surface area contributed by atoms with Crippen molar-refractivity contribution < 1.29 is 0 Å². The van der Waals surface area contributed by atoms with E-state index in [1.807, 2.05) is 0 Å². The van der Waals surface area contributed by atoms with Gasteiger partial charge in [-0.3, -0.25) is 4.90 Å². The highest BCUT2D eigenvalue weighted by Gasteiger charge is 2.37. The molecule has 20 heavy (non-hydrogen) atoms. The van der Waals surface area contributed by atoms with E-state index in [4.69, 9.17) is 0 Å². The molecule has 1 rings (SSSR count). The highest BCUT2D eigenvalue weighted by Crippen LogP contribution is 2.27. The molecule has 1 aliphatic heterocycles. The standard InChI is InChI=1S/C18H38N2/c1-6-10-11-12-13-16(5)20-15-18(8-3,9-4)19-14-17(20)7-2/h16-17,19H,6-15H2,1-5H3. The molecule has 1 saturated heterocycles. The Kier molecular flexibility index (Phi) is 8.13. The van der Waals surface area contributed by atoms with Crippen LogP contribution in [0.25, 0.3) is 0 Å². The van der Waals surface area contributed by atoms with Gasteiger partial charge in [-0.05, 0) is 32.6 Å². The van der Waals surface area contributed by atoms with Crippen LogP contribution in [0, 0.1) is 0 Å². The predicted molar refractivity (Wildman–Crippen MR) is 90.3 cm³/mol. The van der Waals surface area contributed by atoms with Crippen LogP contribution in [0.15, 0.2) is 0 Å². The van der Waals surface area contributed by atoms with E-state index >= 15 is 0 Å². The molecule has 2 unspecified atom stereocenters. The molecule has 1 fully saturated rings. The van der Waals surface area contributed by atoms with Gasteiger partial charge in [-0.1, -0.05) is 53.4 Å². The SMILES string of the molecule is CCCCCCC(C)N1CC(CC)(CC)NCC1CC. The van der Waals surface area contributed by atoms with Gasteiger partial charge in [-0.15, -0.1) is 0 Å². The van der Waals surface area contributed by atoms with Crippen LogP contribution in [0.1, 0.15) is 86.0 Å². The maximum absolute atomic E-state index is 3.85. The highest BCUT2D eigenvalue weighted by molar-refractivity contribution is 4.97. The molecule has 2 atom stereocenters. The van der Waals surface area contributed by atoms with Crippen LogP contribution in [-0.4, -0.2) is 35.6 Å². The molecule has 0 aromatic carbocycles. The minimum absolute atomic E-state index is 0.364. The molecule has 120 valence electrons. The lowest BCUT2D eigenvalue weighted by Gasteiger charge is -2.50. The summed E-state index contributed by atoms with van der Waals surface area (Å²) in [6.07, 6.45) is 10.7. The predicted octanol–water partition coefficient (Wildman–Crippen LogP) is 4.59. The maximum atomic E-state index is 3.85. The number of unbranched alkanes of at least 4 members (excludes halogenated alkanes) is 3. The van der Waals surface area contributed by atoms with Crippen LogP contribution in [-0.2, 0) is 0 Å². The fourth-order valence-corrected chi connectivity index (χ4v) is 3.64. The topological polar surface area (TPSA) is 15.3 Å². The average molecular weight is 283 g/mol. The van der Waals surface area contributed by atoms with Crippen molar-refractivity contribution in [3.8, 4) is 0 Å². The quantitative estimate of drug-likeness (QED) is 0.622. The molecule has 0 aromatic rings. The van der Waals surface area contributed by atoms with Crippen molar-refractivity contribution in [3.05, 3.63) is 0 Å². The van der Waals surface area contributed by atoms with Crippen molar-refractivity contribution in [2.75, 3.05) is 13.1 Å². The summed E-state index contributed by atoms with van der Waals surface area (Å²) in [4.78, 5) is 2.81. The van der Waals surface area contributed by atoms with Gasteiger partial charge in [-0.2, -0.15) is 0 Å². The molecule has 1 N–H and O–H groups in total. The summed E-state index contributed by atoms with van der Waals surface area (Å²) in [5.74, 6) is 0. The van der Waals surface area contributed by atoms with E-state index in [-0.39, 0.29) is 0 Å². The summed E-state index contributed by atoms with van der Waals surface area (Å²) in [5.41, 5.74) is 0.364. The van der Waals surface area contributed by atoms with E-state index in [9.17, 15) is 0 Å². The number of nitrogens with zero attached hydrogens (tertiary/aromatic N) is 1. The Labute approximate surface area is 127 Å². The van der Waals surface area contributed by atoms with Gasteiger partial charge in [0.2, 0.25) is 0 Å². The smallest absolute Gasteiger partial charge is 0.0304 e. The second-order valence-corrected chi connectivity index (χ2v) is 6.80. The molecule has 2 nitrogen and oxygen atoms in total. The number of hydrogen-bond acceptors (Lipinski definition) is 2. The van der Waals surface area contributed by atoms with E-state index in [0.29, 0.717) is 5.54 Å². The first-order chi connectivity index (χ1) is 9.62. The highest BCUT2D eigenvalue weighted by atomic mass is 15.3. The Bertz CT molecular complexity index is 248. The van der Waals surface area contributed by atoms with Gasteiger partial charge >= 0.3 is 0 Å². The van der Waals surface area contributed by atoms with Gasteiger partial charge < -0.3 is 5.32 Å². The maximum Gasteiger partial charge on any atom is 0.0304 e. The summed E-state index contributed by atoms with van der Waals surface area (Å²) in [6, 6.07) is 1.48. The summed E-state index contributed by atoms with van der Waals surface area (Å²) < 4.78 is 0. The largest absolute Gasteiger partial charge is 0.308 e. The third-order valence-electron chi connectivity index (χ3n) is 5.53. The summed E-state index contributed by atoms with van der Waals surface area (Å²) >= 11 is 0. The van der Waals surface area contributed by atoms with Gasteiger partial charge in [0, 0.05) is 30.7 Å². The normalized spacial score (nSPS) is 24.8. The first-order valence-corrected chi connectivity index (χ1v) is 9.13. The van der Waals surface area contributed by atoms with Crippen molar-refractivity contribution in [2.24, 2.45) is 0 Å². The van der Waals surface area contributed by atoms with Crippen LogP contribution in [0.2, 0.25) is 0 Å². The molecule has 0 amide bonds. The first kappa shape index (κ1) is 18.0. The molecule has 0 spiro atoms. The van der Waals surface area contributed by atoms with Gasteiger partial charge in [-0.25, -0.2) is 0 Å². The lowest BCUT2D eigenvalue weighted by molar-refractivity contribution is 0.0369. The minimum atomic E-state index is 0.364. The second-order valence-electron chi connectivity index (χ2n) is 6.80. The van der Waals surface area contributed by atoms with Crippen LogP contribution in [0.3, 0.4) is 0 Å². The second kappa shape index (κ2) is 9.04. The van der Waals surface area contributed by atoms with Crippen molar-refractivity contribution in [1.82, 2.24) is 10.2 Å². The Balaban J connectivity index is 2.56. The molecule has 0 aromatic heterocycles. The molecule has 0 aliphatic carbocycles. The fraction of sp³-hybridized carbons (Fsp3) is 1.00. The summed E-state index contributed by atoms with van der Waals surface area (Å²) in [7, 11) is 0. The van der Waals surface area contributed by atoms with Gasteiger partial charge in [0.05, 0.1) is 0 Å². The molecule has 1 heterocycles. The fourth-order valence-electron chi connectivity index (χ4n) is 3.64. The van der Waals surface area contributed by atoms with Crippen molar-refractivity contribution in [3.63, 3.8) is 0 Å². The number of nitrogens with one attached hydrogen (secondary N) is 1. The Morgan fingerprint density at radius 2 is 1.80 bits per heavy atom. The van der Waals surface area contributed by atoms with E-state index in [1.54, 1.807) is 0 Å². The third kappa shape index (κ3) is 4.73. The van der Waals surface area contributed by atoms with Crippen LogP contribution in [0.4, 0.5) is 0 Å². The number of rotatable bonds is 9. The Morgan fingerprint density at radius 1 is 1.10 bits per heavy atom. The Hall–Kier alpha value is -0.0800. The van der Waals surface area contributed by atoms with Gasteiger partial charge in [0.25, 0.3) is 0 Å². The minimum Gasteiger partial charge on any atom is -0.308 e. The van der Waals surface area contributed by atoms with Crippen molar-refractivity contribution in [2.45, 2.75) is 104 Å². The lowest BCUT2D eigenvalue weighted by Crippen LogP contribution is -2.65. The summed E-state index contributed by atoms with van der Waals surface area (Å²) in [5, 5.41) is 3.85. The third-order valence-corrected chi connectivity index (χ3v) is 5.53. The number of hydrogen-bond donors (Lipinski definition) is 1. The van der Waals surface area contributed by atoms with Crippen LogP contribution >= 0.6 is 0 Å². The molecular weight excluding hydrogens is 244 g/mol. The van der Waals surface area contributed by atoms with Gasteiger partial charge in [0.15, 0.2) is 0 Å². The average Bonchev–Trinajstić information content (AvgIpc) is 2.50. The van der Waals surface area contributed by atoms with Crippen LogP contribution in [0.5, 0.6) is 0 Å². The molecule has 0 radical (unpaired) electrons. The van der Waals surface area contributed by atoms with Crippen LogP contribution < -0.4 is 5.32 Å². The number of piperazine rings is 1. The molecule has 0 saturated carbocycles. The molecule has 2 heteroatoms. The zero-order valence-corrected chi connectivity index (χ0v) is 14.7. The van der Waals surface area contributed by atoms with E-state index < -0.39 is 0 Å². The zero-order chi connectivity index (χ0) is 15.0. The lowest BCUT2D eigenvalue weighted by atomic mass is 9.87. The molecule has 1 aliphatic rings. The molecular formula is C18H38N2. The van der Waals surface area contributed by atoms with Crippen molar-refractivity contribution >= 4 is 0 Å². The van der Waals surface area contributed by atoms with Crippen molar-refractivity contribution in [1.29, 1.82) is 0 Å². The zero-order valence-electron chi connectivity index (χ0n) is 14.7. The van der Waals surface area contributed by atoms with E-state index in [1.165, 1.54) is 64.5 Å². The monoisotopic (exact) mass is 282 g/mol. The van der Waals surface area contributed by atoms with E-state index in [2.05, 4.69) is 44.8 Å². The van der Waals surface area contributed by atoms with Gasteiger partial charge in [0.1, 0.15) is 0 Å². The van der Waals surface area contributed by atoms with E-state index in [0.717, 1.165) is 12.1 Å². The molecule has 0 bridgehead atoms. The summed E-state index contributed by atoms with van der Waals surface area (Å²) in [6.45, 7) is 14.2. The first-order valence-electron chi connectivity index (χ1n) is 9.13.